The number of ether oxygens (including phenoxy) is 4. The van der Waals surface area contributed by atoms with Crippen molar-refractivity contribution in [3.05, 3.63) is 12.2 Å². The summed E-state index contributed by atoms with van der Waals surface area (Å²) in [6.45, 7) is 11.0. The molecule has 0 saturated carbocycles. The highest BCUT2D eigenvalue weighted by Crippen LogP contribution is 2.02. The molecule has 0 aromatic carbocycles. The summed E-state index contributed by atoms with van der Waals surface area (Å²) in [4.78, 5) is 11.1. The van der Waals surface area contributed by atoms with Crippen LogP contribution in [0.3, 0.4) is 0 Å². The third-order valence-corrected chi connectivity index (χ3v) is 2.95. The molecule has 0 radical (unpaired) electrons. The SMILES string of the molecule is C=C(C)C(=O)OCCOCCOCCOCCCCCCC. The van der Waals surface area contributed by atoms with Crippen molar-refractivity contribution in [2.24, 2.45) is 0 Å². The van der Waals surface area contributed by atoms with Gasteiger partial charge in [-0.3, -0.25) is 0 Å². The molecule has 0 heterocycles. The van der Waals surface area contributed by atoms with Crippen LogP contribution in [0.15, 0.2) is 12.2 Å². The van der Waals surface area contributed by atoms with Crippen LogP contribution in [0.4, 0.5) is 0 Å². The average Bonchev–Trinajstić information content (AvgIpc) is 2.50. The molecule has 0 rings (SSSR count). The molecule has 0 spiro atoms. The fraction of sp³-hybridized carbons (Fsp3) is 0.824. The Hall–Kier alpha value is -0.910. The lowest BCUT2D eigenvalue weighted by Gasteiger charge is -2.07. The minimum Gasteiger partial charge on any atom is -0.460 e. The van der Waals surface area contributed by atoms with Crippen molar-refractivity contribution in [3.8, 4) is 0 Å². The van der Waals surface area contributed by atoms with Gasteiger partial charge in [-0.2, -0.15) is 0 Å². The minimum atomic E-state index is -0.383. The van der Waals surface area contributed by atoms with Crippen LogP contribution >= 0.6 is 0 Å². The lowest BCUT2D eigenvalue weighted by Crippen LogP contribution is -2.14. The predicted molar refractivity (Wildman–Crippen MR) is 87.0 cm³/mol. The first-order chi connectivity index (χ1) is 10.7. The first-order valence-corrected chi connectivity index (χ1v) is 8.24. The van der Waals surface area contributed by atoms with Crippen LogP contribution in [0.25, 0.3) is 0 Å². The Morgan fingerprint density at radius 1 is 0.773 bits per heavy atom. The first-order valence-electron chi connectivity index (χ1n) is 8.24. The topological polar surface area (TPSA) is 54.0 Å². The number of unbranched alkanes of at least 4 members (excludes halogenated alkanes) is 4. The maximum Gasteiger partial charge on any atom is 0.333 e. The summed E-state index contributed by atoms with van der Waals surface area (Å²) >= 11 is 0. The van der Waals surface area contributed by atoms with Gasteiger partial charge in [0.05, 0.1) is 33.0 Å². The Labute approximate surface area is 135 Å². The van der Waals surface area contributed by atoms with Crippen LogP contribution < -0.4 is 0 Å². The van der Waals surface area contributed by atoms with Crippen molar-refractivity contribution in [3.63, 3.8) is 0 Å². The van der Waals surface area contributed by atoms with Crippen LogP contribution in [0, 0.1) is 0 Å². The van der Waals surface area contributed by atoms with Gasteiger partial charge in [-0.1, -0.05) is 39.2 Å². The lowest BCUT2D eigenvalue weighted by molar-refractivity contribution is -0.140. The lowest BCUT2D eigenvalue weighted by atomic mass is 10.2. The fourth-order valence-corrected chi connectivity index (χ4v) is 1.67. The Bertz CT molecular complexity index is 278. The van der Waals surface area contributed by atoms with Crippen molar-refractivity contribution in [2.75, 3.05) is 46.2 Å². The van der Waals surface area contributed by atoms with Gasteiger partial charge in [0.25, 0.3) is 0 Å². The standard InChI is InChI=1S/C17H32O5/c1-4-5-6-7-8-9-19-10-11-20-12-13-21-14-15-22-17(18)16(2)3/h2,4-15H2,1,3H3. The van der Waals surface area contributed by atoms with E-state index in [1.54, 1.807) is 6.92 Å². The zero-order valence-corrected chi connectivity index (χ0v) is 14.2. The molecular formula is C17H32O5. The number of carbonyl (C=O) groups is 1. The number of hydrogen-bond donors (Lipinski definition) is 0. The molecule has 0 aliphatic carbocycles. The van der Waals surface area contributed by atoms with E-state index in [4.69, 9.17) is 18.9 Å². The Kier molecular flexibility index (Phi) is 15.8. The highest BCUT2D eigenvalue weighted by Gasteiger charge is 2.01. The van der Waals surface area contributed by atoms with Crippen molar-refractivity contribution in [1.29, 1.82) is 0 Å². The van der Waals surface area contributed by atoms with Crippen LogP contribution in [0.1, 0.15) is 46.0 Å². The zero-order valence-electron chi connectivity index (χ0n) is 14.2. The summed E-state index contributed by atoms with van der Waals surface area (Å²) in [5, 5.41) is 0. The second kappa shape index (κ2) is 16.5. The Balaban J connectivity index is 3.05. The molecule has 0 atom stereocenters. The maximum atomic E-state index is 11.1. The third-order valence-electron chi connectivity index (χ3n) is 2.95. The summed E-state index contributed by atoms with van der Waals surface area (Å²) in [6, 6.07) is 0. The molecule has 0 amide bonds. The van der Waals surface area contributed by atoms with E-state index in [0.717, 1.165) is 13.0 Å². The van der Waals surface area contributed by atoms with Gasteiger partial charge in [0.2, 0.25) is 0 Å². The van der Waals surface area contributed by atoms with E-state index in [1.165, 1.54) is 25.7 Å². The van der Waals surface area contributed by atoms with Gasteiger partial charge in [0.15, 0.2) is 0 Å². The van der Waals surface area contributed by atoms with E-state index in [-0.39, 0.29) is 12.6 Å². The number of rotatable bonds is 16. The highest BCUT2D eigenvalue weighted by molar-refractivity contribution is 5.86. The summed E-state index contributed by atoms with van der Waals surface area (Å²) in [5.74, 6) is -0.383. The molecular weight excluding hydrogens is 284 g/mol. The predicted octanol–water partition coefficient (Wildman–Crippen LogP) is 3.13. The smallest absolute Gasteiger partial charge is 0.333 e. The average molecular weight is 316 g/mol. The van der Waals surface area contributed by atoms with Gasteiger partial charge >= 0.3 is 5.97 Å². The fourth-order valence-electron chi connectivity index (χ4n) is 1.67. The van der Waals surface area contributed by atoms with E-state index in [2.05, 4.69) is 13.5 Å². The van der Waals surface area contributed by atoms with Gasteiger partial charge in [0.1, 0.15) is 6.61 Å². The monoisotopic (exact) mass is 316 g/mol. The molecule has 22 heavy (non-hydrogen) atoms. The minimum absolute atomic E-state index is 0.243. The van der Waals surface area contributed by atoms with Gasteiger partial charge in [-0.15, -0.1) is 0 Å². The van der Waals surface area contributed by atoms with Crippen molar-refractivity contribution in [2.45, 2.75) is 46.0 Å². The second-order valence-corrected chi connectivity index (χ2v) is 5.17. The number of esters is 1. The normalized spacial score (nSPS) is 10.6. The molecule has 0 aliphatic rings. The summed E-state index contributed by atoms with van der Waals surface area (Å²) in [6.07, 6.45) is 6.27. The first kappa shape index (κ1) is 21.1. The van der Waals surface area contributed by atoms with Gasteiger partial charge in [-0.25, -0.2) is 4.79 Å². The van der Waals surface area contributed by atoms with E-state index in [9.17, 15) is 4.79 Å². The quantitative estimate of drug-likeness (QED) is 0.249. The van der Waals surface area contributed by atoms with Crippen LogP contribution in [-0.4, -0.2) is 52.2 Å². The molecule has 0 fully saturated rings. The largest absolute Gasteiger partial charge is 0.460 e. The van der Waals surface area contributed by atoms with Gasteiger partial charge < -0.3 is 18.9 Å². The van der Waals surface area contributed by atoms with Crippen molar-refractivity contribution in [1.82, 2.24) is 0 Å². The molecule has 0 aromatic heterocycles. The van der Waals surface area contributed by atoms with E-state index >= 15 is 0 Å². The molecule has 0 aliphatic heterocycles. The third kappa shape index (κ3) is 15.5. The Morgan fingerprint density at radius 2 is 1.27 bits per heavy atom. The van der Waals surface area contributed by atoms with E-state index < -0.39 is 0 Å². The summed E-state index contributed by atoms with van der Waals surface area (Å²) in [5.41, 5.74) is 0.397. The molecule has 0 N–H and O–H groups in total. The molecule has 130 valence electrons. The van der Waals surface area contributed by atoms with Crippen LogP contribution in [-0.2, 0) is 23.7 Å². The summed E-state index contributed by atoms with van der Waals surface area (Å²) < 4.78 is 21.0. The Morgan fingerprint density at radius 3 is 1.82 bits per heavy atom. The maximum absolute atomic E-state index is 11.1. The number of carbonyl (C=O) groups excluding carboxylic acids is 1. The number of hydrogen-bond acceptors (Lipinski definition) is 5. The molecule has 0 saturated heterocycles. The molecule has 0 aromatic rings. The zero-order chi connectivity index (χ0) is 16.5. The van der Waals surface area contributed by atoms with E-state index in [0.29, 0.717) is 38.6 Å². The molecule has 0 unspecified atom stereocenters. The molecule has 5 nitrogen and oxygen atoms in total. The van der Waals surface area contributed by atoms with E-state index in [1.807, 2.05) is 0 Å². The van der Waals surface area contributed by atoms with Gasteiger partial charge in [-0.05, 0) is 13.3 Å². The molecule has 5 heteroatoms. The molecule has 0 bridgehead atoms. The van der Waals surface area contributed by atoms with Crippen molar-refractivity contribution >= 4 is 5.97 Å². The summed E-state index contributed by atoms with van der Waals surface area (Å²) in [7, 11) is 0. The van der Waals surface area contributed by atoms with Crippen LogP contribution in [0.5, 0.6) is 0 Å². The van der Waals surface area contributed by atoms with Crippen LogP contribution in [0.2, 0.25) is 0 Å². The van der Waals surface area contributed by atoms with Crippen molar-refractivity contribution < 1.29 is 23.7 Å². The highest BCUT2D eigenvalue weighted by atomic mass is 16.6. The second-order valence-electron chi connectivity index (χ2n) is 5.17. The van der Waals surface area contributed by atoms with Gasteiger partial charge in [0, 0.05) is 12.2 Å².